The van der Waals surface area contributed by atoms with Gasteiger partial charge in [-0.25, -0.2) is 9.59 Å². The molecule has 21 heavy (non-hydrogen) atoms. The van der Waals surface area contributed by atoms with Crippen molar-refractivity contribution < 1.29 is 46.1 Å². The Labute approximate surface area is 114 Å². The molecule has 0 bridgehead atoms. The molecular formula is C10H5BF6O4. The zero-order valence-corrected chi connectivity index (χ0v) is 9.79. The second kappa shape index (κ2) is 6.50. The Kier molecular flexibility index (Phi) is 5.82. The van der Waals surface area contributed by atoms with Crippen molar-refractivity contribution in [2.45, 2.75) is 12.4 Å². The zero-order chi connectivity index (χ0) is 17.0. The normalized spacial score (nSPS) is 11.3. The van der Waals surface area contributed by atoms with Gasteiger partial charge in [-0.2, -0.15) is 26.3 Å². The largest absolute Gasteiger partial charge is 0.473 e. The molecule has 0 amide bonds. The van der Waals surface area contributed by atoms with Crippen LogP contribution in [-0.2, 0) is 21.9 Å². The molecule has 1 aromatic rings. The van der Waals surface area contributed by atoms with Crippen LogP contribution in [0, 0.1) is 0 Å². The fourth-order valence-electron chi connectivity index (χ4n) is 0.979. The number of halogens is 6. The molecule has 0 saturated carbocycles. The summed E-state index contributed by atoms with van der Waals surface area (Å²) in [5.74, 6) is -3.65. The van der Waals surface area contributed by atoms with E-state index >= 15 is 0 Å². The topological polar surface area (TPSA) is 74.6 Å². The third kappa shape index (κ3) is 6.68. The number of aliphatic carboxylic acids is 2. The van der Waals surface area contributed by atoms with Crippen molar-refractivity contribution in [3.05, 3.63) is 29.3 Å². The summed E-state index contributed by atoms with van der Waals surface area (Å²) in [6.45, 7) is 0. The average molecular weight is 314 g/mol. The second-order valence-corrected chi connectivity index (χ2v) is 3.45. The van der Waals surface area contributed by atoms with Crippen molar-refractivity contribution in [2.75, 3.05) is 0 Å². The summed E-state index contributed by atoms with van der Waals surface area (Å²) in [6.07, 6.45) is -9.68. The lowest BCUT2D eigenvalue weighted by Crippen LogP contribution is -2.16. The number of carbonyl (C=O) groups is 2. The molecule has 0 atom stereocenters. The van der Waals surface area contributed by atoms with E-state index in [1.807, 2.05) is 0 Å². The van der Waals surface area contributed by atoms with Crippen molar-refractivity contribution in [1.82, 2.24) is 0 Å². The Morgan fingerprint density at radius 3 is 1.29 bits per heavy atom. The van der Waals surface area contributed by atoms with E-state index in [1.165, 1.54) is 0 Å². The molecule has 4 nitrogen and oxygen atoms in total. The number of carboxylic acid groups (broad SMARTS) is 2. The van der Waals surface area contributed by atoms with Gasteiger partial charge in [0.2, 0.25) is 0 Å². The van der Waals surface area contributed by atoms with Crippen LogP contribution in [0.1, 0.15) is 11.1 Å². The van der Waals surface area contributed by atoms with E-state index in [-0.39, 0.29) is 6.07 Å². The lowest BCUT2D eigenvalue weighted by atomic mass is 9.91. The van der Waals surface area contributed by atoms with E-state index in [1.54, 1.807) is 0 Å². The molecule has 0 saturated heterocycles. The van der Waals surface area contributed by atoms with Crippen LogP contribution in [0.25, 0.3) is 0 Å². The van der Waals surface area contributed by atoms with Crippen LogP contribution in [0.4, 0.5) is 26.3 Å². The van der Waals surface area contributed by atoms with Gasteiger partial charge in [-0.15, -0.1) is 0 Å². The van der Waals surface area contributed by atoms with E-state index < -0.39 is 40.9 Å². The maximum atomic E-state index is 12.1. The van der Waals surface area contributed by atoms with Crippen molar-refractivity contribution in [3.8, 4) is 0 Å². The standard InChI is InChI=1S/C8H3BF6.C2H2O4/c9-6-2-4(7(10,11)12)1-5(3-6)8(13,14)15;3-1(4)2(5)6/h1-3H;(H,3,4)(H,5,6). The molecule has 1 aromatic carbocycles. The van der Waals surface area contributed by atoms with E-state index in [4.69, 9.17) is 27.6 Å². The van der Waals surface area contributed by atoms with Gasteiger partial charge >= 0.3 is 24.3 Å². The molecule has 114 valence electrons. The number of hydrogen-bond acceptors (Lipinski definition) is 2. The van der Waals surface area contributed by atoms with Gasteiger partial charge in [0, 0.05) is 0 Å². The van der Waals surface area contributed by atoms with Crippen LogP contribution in [0.15, 0.2) is 18.2 Å². The number of benzene rings is 1. The molecule has 0 aliphatic rings. The lowest BCUT2D eigenvalue weighted by molar-refractivity contribution is -0.159. The van der Waals surface area contributed by atoms with Gasteiger partial charge in [0.25, 0.3) is 0 Å². The predicted molar refractivity (Wildman–Crippen MR) is 57.1 cm³/mol. The highest BCUT2D eigenvalue weighted by molar-refractivity contribution is 6.32. The summed E-state index contributed by atoms with van der Waals surface area (Å²) in [7, 11) is 4.95. The smallest absolute Gasteiger partial charge is 0.416 e. The molecule has 0 aliphatic heterocycles. The first kappa shape index (κ1) is 18.8. The monoisotopic (exact) mass is 314 g/mol. The van der Waals surface area contributed by atoms with Crippen LogP contribution in [0.2, 0.25) is 0 Å². The molecule has 2 radical (unpaired) electrons. The fourth-order valence-corrected chi connectivity index (χ4v) is 0.979. The van der Waals surface area contributed by atoms with Crippen LogP contribution in [0.5, 0.6) is 0 Å². The lowest BCUT2D eigenvalue weighted by Gasteiger charge is -2.12. The maximum Gasteiger partial charge on any atom is 0.416 e. The van der Waals surface area contributed by atoms with Gasteiger partial charge in [-0.05, 0) is 6.07 Å². The molecule has 0 aromatic heterocycles. The molecule has 2 N–H and O–H groups in total. The molecule has 0 spiro atoms. The van der Waals surface area contributed by atoms with Crippen LogP contribution in [-0.4, -0.2) is 30.0 Å². The Morgan fingerprint density at radius 1 is 0.810 bits per heavy atom. The van der Waals surface area contributed by atoms with Gasteiger partial charge in [0.15, 0.2) is 0 Å². The SMILES string of the molecule is O=C(O)C(=O)O.[B]c1cc(C(F)(F)F)cc(C(F)(F)F)c1. The fraction of sp³-hybridized carbons (Fsp3) is 0.200. The van der Waals surface area contributed by atoms with Crippen LogP contribution >= 0.6 is 0 Å². The molecule has 11 heteroatoms. The van der Waals surface area contributed by atoms with E-state index in [0.717, 1.165) is 0 Å². The zero-order valence-electron chi connectivity index (χ0n) is 9.79. The first-order valence-electron chi connectivity index (χ1n) is 4.76. The molecule has 0 heterocycles. The van der Waals surface area contributed by atoms with Crippen molar-refractivity contribution >= 4 is 25.2 Å². The molecule has 1 rings (SSSR count). The third-order valence-corrected chi connectivity index (χ3v) is 1.79. The summed E-state index contributed by atoms with van der Waals surface area (Å²) < 4.78 is 72.7. The minimum Gasteiger partial charge on any atom is -0.473 e. The number of rotatable bonds is 0. The third-order valence-electron chi connectivity index (χ3n) is 1.79. The highest BCUT2D eigenvalue weighted by atomic mass is 19.4. The predicted octanol–water partition coefficient (Wildman–Crippen LogP) is 1.67. The molecule has 0 unspecified atom stereocenters. The Hall–Kier alpha value is -2.20. The van der Waals surface area contributed by atoms with Crippen LogP contribution in [0.3, 0.4) is 0 Å². The molecule has 0 aliphatic carbocycles. The summed E-state index contributed by atoms with van der Waals surface area (Å²) in [6, 6.07) is 0.931. The Bertz CT molecular complexity index is 493. The summed E-state index contributed by atoms with van der Waals surface area (Å²) >= 11 is 0. The van der Waals surface area contributed by atoms with Gasteiger partial charge in [0.1, 0.15) is 7.85 Å². The maximum absolute atomic E-state index is 12.1. The highest BCUT2D eigenvalue weighted by Crippen LogP contribution is 2.34. The molecule has 0 fully saturated rings. The van der Waals surface area contributed by atoms with Gasteiger partial charge in [-0.1, -0.05) is 17.6 Å². The highest BCUT2D eigenvalue weighted by Gasteiger charge is 2.36. The quantitative estimate of drug-likeness (QED) is 0.434. The Balaban J connectivity index is 0.000000567. The molecular weight excluding hydrogens is 309 g/mol. The minimum absolute atomic E-state index is 0.0242. The first-order chi connectivity index (χ1) is 9.25. The summed E-state index contributed by atoms with van der Waals surface area (Å²) in [4.78, 5) is 18.2. The first-order valence-corrected chi connectivity index (χ1v) is 4.76. The number of hydrogen-bond donors (Lipinski definition) is 2. The van der Waals surface area contributed by atoms with Crippen LogP contribution < -0.4 is 5.46 Å². The average Bonchev–Trinajstić information content (AvgIpc) is 2.26. The van der Waals surface area contributed by atoms with E-state index in [2.05, 4.69) is 0 Å². The van der Waals surface area contributed by atoms with E-state index in [9.17, 15) is 26.3 Å². The Morgan fingerprint density at radius 2 is 1.10 bits per heavy atom. The van der Waals surface area contributed by atoms with Crippen molar-refractivity contribution in [1.29, 1.82) is 0 Å². The number of alkyl halides is 6. The van der Waals surface area contributed by atoms with Gasteiger partial charge < -0.3 is 10.2 Å². The summed E-state index contributed by atoms with van der Waals surface area (Å²) in [5.41, 5.74) is -3.39. The number of carboxylic acids is 2. The minimum atomic E-state index is -4.84. The van der Waals surface area contributed by atoms with Gasteiger partial charge in [0.05, 0.1) is 11.1 Å². The van der Waals surface area contributed by atoms with Crippen molar-refractivity contribution in [3.63, 3.8) is 0 Å². The summed E-state index contributed by atoms with van der Waals surface area (Å²) in [5, 5.41) is 14.8. The van der Waals surface area contributed by atoms with Crippen molar-refractivity contribution in [2.24, 2.45) is 0 Å². The second-order valence-electron chi connectivity index (χ2n) is 3.45. The van der Waals surface area contributed by atoms with E-state index in [0.29, 0.717) is 12.1 Å². The van der Waals surface area contributed by atoms with Gasteiger partial charge in [-0.3, -0.25) is 0 Å².